The summed E-state index contributed by atoms with van der Waals surface area (Å²) < 4.78 is 3.22. The SMILES string of the molecule is Cc1c(NC(=O)C(C)Sc2cccc(NC(=O)/C(=C\c3ccc(N(C)C)cc3)NC(=O)c3ccccc3)c2)c(=O)n(-c2ccccc2)n1C. The fourth-order valence-corrected chi connectivity index (χ4v) is 5.94. The van der Waals surface area contributed by atoms with Crippen molar-refractivity contribution in [1.29, 1.82) is 0 Å². The van der Waals surface area contributed by atoms with Gasteiger partial charge in [0.25, 0.3) is 17.4 Å². The van der Waals surface area contributed by atoms with Crippen LogP contribution in [-0.4, -0.2) is 46.4 Å². The number of benzene rings is 4. The van der Waals surface area contributed by atoms with Crippen molar-refractivity contribution in [2.45, 2.75) is 24.0 Å². The fourth-order valence-electron chi connectivity index (χ4n) is 5.02. The first-order valence-electron chi connectivity index (χ1n) is 15.6. The third kappa shape index (κ3) is 8.38. The molecule has 1 atom stereocenters. The van der Waals surface area contributed by atoms with Crippen molar-refractivity contribution in [2.75, 3.05) is 29.6 Å². The number of para-hydroxylation sites is 1. The van der Waals surface area contributed by atoms with E-state index >= 15 is 0 Å². The van der Waals surface area contributed by atoms with E-state index in [9.17, 15) is 19.2 Å². The molecule has 0 saturated carbocycles. The molecule has 5 rings (SSSR count). The van der Waals surface area contributed by atoms with E-state index in [1.54, 1.807) is 74.1 Å². The van der Waals surface area contributed by atoms with E-state index in [1.807, 2.05) is 85.7 Å². The molecule has 1 unspecified atom stereocenters. The molecular weight excluding hydrogens is 637 g/mol. The summed E-state index contributed by atoms with van der Waals surface area (Å²) in [5.41, 5.74) is 3.91. The molecule has 1 aromatic heterocycles. The molecule has 0 spiro atoms. The molecule has 0 aliphatic carbocycles. The zero-order valence-electron chi connectivity index (χ0n) is 27.9. The van der Waals surface area contributed by atoms with Crippen LogP contribution in [0.2, 0.25) is 0 Å². The molecule has 10 nitrogen and oxygen atoms in total. The highest BCUT2D eigenvalue weighted by molar-refractivity contribution is 8.00. The molecule has 49 heavy (non-hydrogen) atoms. The maximum Gasteiger partial charge on any atom is 0.295 e. The van der Waals surface area contributed by atoms with Gasteiger partial charge in [0.05, 0.1) is 16.6 Å². The first-order valence-corrected chi connectivity index (χ1v) is 16.5. The summed E-state index contributed by atoms with van der Waals surface area (Å²) in [4.78, 5) is 55.9. The number of nitrogens with one attached hydrogen (secondary N) is 3. The van der Waals surface area contributed by atoms with E-state index in [0.29, 0.717) is 22.6 Å². The van der Waals surface area contributed by atoms with Gasteiger partial charge in [-0.1, -0.05) is 54.6 Å². The third-order valence-electron chi connectivity index (χ3n) is 7.83. The maximum atomic E-state index is 13.6. The minimum atomic E-state index is -0.569. The molecule has 0 bridgehead atoms. The molecule has 5 aromatic rings. The van der Waals surface area contributed by atoms with Gasteiger partial charge in [0, 0.05) is 43.0 Å². The first kappa shape index (κ1) is 34.5. The van der Waals surface area contributed by atoms with Gasteiger partial charge in [0.15, 0.2) is 0 Å². The number of thioether (sulfide) groups is 1. The Morgan fingerprint density at radius 2 is 1.49 bits per heavy atom. The lowest BCUT2D eigenvalue weighted by Gasteiger charge is -2.14. The van der Waals surface area contributed by atoms with Gasteiger partial charge in [-0.25, -0.2) is 4.68 Å². The Labute approximate surface area is 289 Å². The van der Waals surface area contributed by atoms with Gasteiger partial charge in [0.1, 0.15) is 11.4 Å². The minimum Gasteiger partial charge on any atom is -0.378 e. The Morgan fingerprint density at radius 1 is 0.837 bits per heavy atom. The summed E-state index contributed by atoms with van der Waals surface area (Å²) in [6.07, 6.45) is 1.62. The summed E-state index contributed by atoms with van der Waals surface area (Å²) >= 11 is 1.29. The normalized spacial score (nSPS) is 11.8. The number of anilines is 3. The van der Waals surface area contributed by atoms with E-state index in [2.05, 4.69) is 16.0 Å². The van der Waals surface area contributed by atoms with Crippen LogP contribution in [0, 0.1) is 6.92 Å². The number of nitrogens with zero attached hydrogens (tertiary/aromatic N) is 3. The number of hydrogen-bond acceptors (Lipinski definition) is 6. The molecule has 3 N–H and O–H groups in total. The van der Waals surface area contributed by atoms with Crippen LogP contribution in [-0.2, 0) is 16.6 Å². The lowest BCUT2D eigenvalue weighted by Crippen LogP contribution is -2.30. The van der Waals surface area contributed by atoms with Crippen LogP contribution in [0.15, 0.2) is 125 Å². The van der Waals surface area contributed by atoms with Gasteiger partial charge in [-0.2, -0.15) is 0 Å². The van der Waals surface area contributed by atoms with E-state index in [4.69, 9.17) is 0 Å². The average molecular weight is 675 g/mol. The van der Waals surface area contributed by atoms with Crippen LogP contribution in [0.25, 0.3) is 11.8 Å². The van der Waals surface area contributed by atoms with Gasteiger partial charge < -0.3 is 20.9 Å². The van der Waals surface area contributed by atoms with E-state index in [-0.39, 0.29) is 22.9 Å². The molecular formula is C38H38N6O4S. The molecule has 0 aliphatic rings. The monoisotopic (exact) mass is 674 g/mol. The zero-order chi connectivity index (χ0) is 35.1. The topological polar surface area (TPSA) is 117 Å². The highest BCUT2D eigenvalue weighted by atomic mass is 32.2. The number of carbonyl (C=O) groups is 3. The first-order chi connectivity index (χ1) is 23.5. The second-order valence-electron chi connectivity index (χ2n) is 11.5. The number of amides is 3. The molecule has 0 radical (unpaired) electrons. The average Bonchev–Trinajstić information content (AvgIpc) is 3.31. The zero-order valence-corrected chi connectivity index (χ0v) is 28.7. The second kappa shape index (κ2) is 15.4. The highest BCUT2D eigenvalue weighted by Crippen LogP contribution is 2.27. The Bertz CT molecular complexity index is 2050. The van der Waals surface area contributed by atoms with Crippen LogP contribution in [0.5, 0.6) is 0 Å². The van der Waals surface area contributed by atoms with Crippen molar-refractivity contribution in [3.05, 3.63) is 142 Å². The molecule has 0 fully saturated rings. The largest absolute Gasteiger partial charge is 0.378 e. The van der Waals surface area contributed by atoms with Crippen LogP contribution < -0.4 is 26.4 Å². The number of carbonyl (C=O) groups excluding carboxylic acids is 3. The van der Waals surface area contributed by atoms with Crippen molar-refractivity contribution in [1.82, 2.24) is 14.7 Å². The van der Waals surface area contributed by atoms with Gasteiger partial charge in [0.2, 0.25) is 5.91 Å². The van der Waals surface area contributed by atoms with Crippen molar-refractivity contribution >= 4 is 52.6 Å². The number of rotatable bonds is 11. The molecule has 4 aromatic carbocycles. The van der Waals surface area contributed by atoms with Crippen molar-refractivity contribution in [2.24, 2.45) is 7.05 Å². The van der Waals surface area contributed by atoms with Crippen molar-refractivity contribution < 1.29 is 14.4 Å². The van der Waals surface area contributed by atoms with Crippen molar-refractivity contribution in [3.63, 3.8) is 0 Å². The molecule has 250 valence electrons. The van der Waals surface area contributed by atoms with Gasteiger partial charge in [-0.15, -0.1) is 11.8 Å². The summed E-state index contributed by atoms with van der Waals surface area (Å²) in [6, 6.07) is 32.6. The van der Waals surface area contributed by atoms with Crippen LogP contribution >= 0.6 is 11.8 Å². The van der Waals surface area contributed by atoms with E-state index in [0.717, 1.165) is 16.1 Å². The van der Waals surface area contributed by atoms with E-state index in [1.165, 1.54) is 16.4 Å². The summed E-state index contributed by atoms with van der Waals surface area (Å²) in [6.45, 7) is 3.53. The summed E-state index contributed by atoms with van der Waals surface area (Å²) in [5.74, 6) is -1.26. The fraction of sp³-hybridized carbons (Fsp3) is 0.158. The molecule has 0 aliphatic heterocycles. The maximum absolute atomic E-state index is 13.6. The van der Waals surface area contributed by atoms with E-state index < -0.39 is 17.1 Å². The van der Waals surface area contributed by atoms with Gasteiger partial charge in [-0.3, -0.25) is 23.9 Å². The lowest BCUT2D eigenvalue weighted by molar-refractivity contribution is -0.115. The quantitative estimate of drug-likeness (QED) is 0.116. The summed E-state index contributed by atoms with van der Waals surface area (Å²) in [7, 11) is 5.65. The Hall–Kier alpha value is -5.81. The predicted molar refractivity (Wildman–Crippen MR) is 197 cm³/mol. The van der Waals surface area contributed by atoms with Crippen LogP contribution in [0.1, 0.15) is 28.5 Å². The Morgan fingerprint density at radius 3 is 2.14 bits per heavy atom. The molecule has 11 heteroatoms. The Kier molecular flexibility index (Phi) is 10.8. The third-order valence-corrected chi connectivity index (χ3v) is 8.92. The predicted octanol–water partition coefficient (Wildman–Crippen LogP) is 6.08. The van der Waals surface area contributed by atoms with Crippen LogP contribution in [0.3, 0.4) is 0 Å². The lowest BCUT2D eigenvalue weighted by atomic mass is 10.1. The number of hydrogen-bond donors (Lipinski definition) is 3. The van der Waals surface area contributed by atoms with Gasteiger partial charge >= 0.3 is 0 Å². The number of aromatic nitrogens is 2. The molecule has 1 heterocycles. The van der Waals surface area contributed by atoms with Gasteiger partial charge in [-0.05, 0) is 80.1 Å². The second-order valence-corrected chi connectivity index (χ2v) is 12.9. The summed E-state index contributed by atoms with van der Waals surface area (Å²) in [5, 5.41) is 7.89. The molecule has 3 amide bonds. The highest BCUT2D eigenvalue weighted by Gasteiger charge is 2.22. The standard InChI is InChI=1S/C38H38N6O4S/c1-25-34(38(48)44(43(25)5)31-16-10-7-11-17-31)41-35(45)26(2)49-32-18-12-15-29(24-32)39-37(47)33(40-36(46)28-13-8-6-9-14-28)23-27-19-21-30(22-20-27)42(3)4/h6-24,26H,1-5H3,(H,39,47)(H,40,46)(H,41,45)/b33-23+. The smallest absolute Gasteiger partial charge is 0.295 e. The minimum absolute atomic E-state index is 0.0663. The van der Waals surface area contributed by atoms with Crippen LogP contribution in [0.4, 0.5) is 17.1 Å². The Balaban J connectivity index is 1.30. The van der Waals surface area contributed by atoms with Crippen molar-refractivity contribution in [3.8, 4) is 5.69 Å². The molecule has 0 saturated heterocycles.